The van der Waals surface area contributed by atoms with Crippen molar-refractivity contribution in [1.29, 1.82) is 0 Å². The van der Waals surface area contributed by atoms with Crippen LogP contribution in [0, 0.1) is 0 Å². The van der Waals surface area contributed by atoms with Crippen molar-refractivity contribution in [2.45, 2.75) is 44.5 Å². The second-order valence-electron chi connectivity index (χ2n) is 4.51. The van der Waals surface area contributed by atoms with E-state index in [9.17, 15) is 18.3 Å². The fraction of sp³-hybridized carbons (Fsp3) is 0.538. The largest absolute Gasteiger partial charge is 0.416 e. The molecule has 0 bridgehead atoms. The molecule has 6 heteroatoms. The van der Waals surface area contributed by atoms with Gasteiger partial charge in [0.2, 0.25) is 0 Å². The zero-order chi connectivity index (χ0) is 14.6. The van der Waals surface area contributed by atoms with Crippen molar-refractivity contribution in [1.82, 2.24) is 0 Å². The molecule has 2 nitrogen and oxygen atoms in total. The summed E-state index contributed by atoms with van der Waals surface area (Å²) in [6.45, 7) is 1.97. The lowest BCUT2D eigenvalue weighted by atomic mass is 9.97. The first-order valence-corrected chi connectivity index (χ1v) is 6.86. The number of unbranched alkanes of at least 4 members (excludes halogenated alkanes) is 1. The Kier molecular flexibility index (Phi) is 5.82. The summed E-state index contributed by atoms with van der Waals surface area (Å²) in [6.07, 6.45) is -3.10. The predicted molar refractivity (Wildman–Crippen MR) is 71.6 cm³/mol. The molecular formula is C13H17BrF3NO. The van der Waals surface area contributed by atoms with Crippen LogP contribution < -0.4 is 5.73 Å². The number of aliphatic hydroxyl groups is 1. The molecule has 0 aliphatic carbocycles. The molecule has 0 spiro atoms. The van der Waals surface area contributed by atoms with E-state index in [-0.39, 0.29) is 5.56 Å². The van der Waals surface area contributed by atoms with E-state index in [0.29, 0.717) is 10.9 Å². The zero-order valence-electron chi connectivity index (χ0n) is 10.5. The van der Waals surface area contributed by atoms with Gasteiger partial charge in [-0.15, -0.1) is 0 Å². The molecule has 0 heterocycles. The Labute approximate surface area is 118 Å². The summed E-state index contributed by atoms with van der Waals surface area (Å²) < 4.78 is 38.4. The second kappa shape index (κ2) is 6.72. The van der Waals surface area contributed by atoms with Crippen LogP contribution in [0.2, 0.25) is 0 Å². The van der Waals surface area contributed by atoms with Crippen LogP contribution in [0.4, 0.5) is 13.2 Å². The molecule has 0 saturated heterocycles. The van der Waals surface area contributed by atoms with Crippen molar-refractivity contribution in [3.8, 4) is 0 Å². The van der Waals surface area contributed by atoms with Gasteiger partial charge in [-0.25, -0.2) is 0 Å². The van der Waals surface area contributed by atoms with Gasteiger partial charge in [-0.3, -0.25) is 0 Å². The molecule has 0 unspecified atom stereocenters. The number of nitrogens with two attached hydrogens (primary N) is 1. The molecule has 1 aromatic carbocycles. The molecule has 1 aromatic rings. The van der Waals surface area contributed by atoms with E-state index in [1.54, 1.807) is 0 Å². The molecule has 1 rings (SSSR count). The number of hydrogen-bond acceptors (Lipinski definition) is 2. The van der Waals surface area contributed by atoms with E-state index in [1.807, 2.05) is 6.92 Å². The van der Waals surface area contributed by atoms with Crippen LogP contribution >= 0.6 is 15.9 Å². The number of alkyl halides is 3. The minimum atomic E-state index is -4.42. The second-order valence-corrected chi connectivity index (χ2v) is 5.42. The maximum absolute atomic E-state index is 12.7. The first kappa shape index (κ1) is 16.5. The summed E-state index contributed by atoms with van der Waals surface area (Å²) in [5.41, 5.74) is 5.34. The average Bonchev–Trinajstić information content (AvgIpc) is 2.33. The molecule has 0 aliphatic rings. The van der Waals surface area contributed by atoms with Crippen molar-refractivity contribution in [2.75, 3.05) is 0 Å². The van der Waals surface area contributed by atoms with Crippen LogP contribution in [0.5, 0.6) is 0 Å². The summed E-state index contributed by atoms with van der Waals surface area (Å²) in [5, 5.41) is 9.87. The summed E-state index contributed by atoms with van der Waals surface area (Å²) >= 11 is 3.04. The van der Waals surface area contributed by atoms with Crippen LogP contribution in [0.3, 0.4) is 0 Å². The van der Waals surface area contributed by atoms with Gasteiger partial charge < -0.3 is 10.8 Å². The van der Waals surface area contributed by atoms with E-state index in [1.165, 1.54) is 6.07 Å². The Morgan fingerprint density at radius 2 is 1.95 bits per heavy atom. The van der Waals surface area contributed by atoms with Crippen LogP contribution in [-0.4, -0.2) is 11.2 Å². The van der Waals surface area contributed by atoms with Crippen LogP contribution in [0.15, 0.2) is 22.7 Å². The van der Waals surface area contributed by atoms with Gasteiger partial charge in [-0.05, 0) is 30.2 Å². The molecular weight excluding hydrogens is 323 g/mol. The molecule has 2 atom stereocenters. The third-order valence-electron chi connectivity index (χ3n) is 2.90. The summed E-state index contributed by atoms with van der Waals surface area (Å²) in [5.74, 6) is 0. The van der Waals surface area contributed by atoms with Gasteiger partial charge in [0, 0.05) is 4.47 Å². The Balaban J connectivity index is 2.97. The van der Waals surface area contributed by atoms with Gasteiger partial charge in [-0.1, -0.05) is 35.7 Å². The average molecular weight is 340 g/mol. The maximum Gasteiger partial charge on any atom is 0.416 e. The monoisotopic (exact) mass is 339 g/mol. The van der Waals surface area contributed by atoms with E-state index < -0.39 is 23.9 Å². The predicted octanol–water partition coefficient (Wildman–Crippen LogP) is 4.02. The quantitative estimate of drug-likeness (QED) is 0.851. The lowest BCUT2D eigenvalue weighted by molar-refractivity contribution is -0.137. The lowest BCUT2D eigenvalue weighted by Crippen LogP contribution is -2.26. The fourth-order valence-corrected chi connectivity index (χ4v) is 2.29. The molecule has 0 amide bonds. The van der Waals surface area contributed by atoms with Crippen molar-refractivity contribution < 1.29 is 18.3 Å². The maximum atomic E-state index is 12.7. The minimum Gasteiger partial charge on any atom is -0.391 e. The number of aliphatic hydroxyl groups excluding tert-OH is 1. The van der Waals surface area contributed by atoms with E-state index in [4.69, 9.17) is 5.73 Å². The van der Waals surface area contributed by atoms with Gasteiger partial charge in [0.25, 0.3) is 0 Å². The third-order valence-corrected chi connectivity index (χ3v) is 3.36. The van der Waals surface area contributed by atoms with Crippen LogP contribution in [0.1, 0.15) is 43.4 Å². The van der Waals surface area contributed by atoms with Crippen LogP contribution in [-0.2, 0) is 6.18 Å². The highest BCUT2D eigenvalue weighted by Gasteiger charge is 2.32. The van der Waals surface area contributed by atoms with Crippen molar-refractivity contribution in [3.05, 3.63) is 33.8 Å². The van der Waals surface area contributed by atoms with E-state index in [2.05, 4.69) is 15.9 Å². The summed E-state index contributed by atoms with van der Waals surface area (Å²) in [6, 6.07) is 2.68. The molecule has 0 saturated carbocycles. The molecule has 0 fully saturated rings. The van der Waals surface area contributed by atoms with Gasteiger partial charge in [0.05, 0.1) is 17.7 Å². The number of halogens is 4. The Morgan fingerprint density at radius 3 is 2.47 bits per heavy atom. The molecule has 0 radical (unpaired) electrons. The van der Waals surface area contributed by atoms with Gasteiger partial charge in [0.15, 0.2) is 0 Å². The van der Waals surface area contributed by atoms with Gasteiger partial charge in [-0.2, -0.15) is 13.2 Å². The van der Waals surface area contributed by atoms with Gasteiger partial charge >= 0.3 is 6.18 Å². The summed E-state index contributed by atoms with van der Waals surface area (Å²) in [7, 11) is 0. The lowest BCUT2D eigenvalue weighted by Gasteiger charge is -2.20. The Bertz CT molecular complexity index is 423. The highest BCUT2D eigenvalue weighted by atomic mass is 79.9. The molecule has 3 N–H and O–H groups in total. The Hall–Kier alpha value is -0.590. The van der Waals surface area contributed by atoms with E-state index in [0.717, 1.165) is 25.0 Å². The van der Waals surface area contributed by atoms with Crippen molar-refractivity contribution in [2.24, 2.45) is 5.73 Å². The highest BCUT2D eigenvalue weighted by Crippen LogP contribution is 2.33. The smallest absolute Gasteiger partial charge is 0.391 e. The zero-order valence-corrected chi connectivity index (χ0v) is 12.1. The van der Waals surface area contributed by atoms with Crippen molar-refractivity contribution >= 4 is 15.9 Å². The molecule has 19 heavy (non-hydrogen) atoms. The molecule has 0 aromatic heterocycles. The summed E-state index contributed by atoms with van der Waals surface area (Å²) in [4.78, 5) is 0. The Morgan fingerprint density at radius 1 is 1.32 bits per heavy atom. The minimum absolute atomic E-state index is 0.283. The standard InChI is InChI=1S/C13H17BrF3NO/c1-2-3-4-11(19)12(18)8-5-9(13(15,16)17)7-10(14)6-8/h5-7,11-12,19H,2-4,18H2,1H3/t11-,12+/m1/s1. The first-order valence-electron chi connectivity index (χ1n) is 6.07. The highest BCUT2D eigenvalue weighted by molar-refractivity contribution is 9.10. The topological polar surface area (TPSA) is 46.2 Å². The van der Waals surface area contributed by atoms with Crippen molar-refractivity contribution in [3.63, 3.8) is 0 Å². The molecule has 108 valence electrons. The normalized spacial score (nSPS) is 15.3. The SMILES string of the molecule is CCCC[C@@H](O)[C@@H](N)c1cc(Br)cc(C(F)(F)F)c1. The number of hydrogen-bond donors (Lipinski definition) is 2. The van der Waals surface area contributed by atoms with Gasteiger partial charge in [0.1, 0.15) is 0 Å². The molecule has 0 aliphatic heterocycles. The van der Waals surface area contributed by atoms with E-state index >= 15 is 0 Å². The third kappa shape index (κ3) is 4.78. The number of benzene rings is 1. The number of rotatable bonds is 5. The fourth-order valence-electron chi connectivity index (χ4n) is 1.78. The first-order chi connectivity index (χ1) is 8.75. The van der Waals surface area contributed by atoms with Crippen LogP contribution in [0.25, 0.3) is 0 Å².